The van der Waals surface area contributed by atoms with Crippen molar-refractivity contribution in [3.05, 3.63) is 133 Å². The van der Waals surface area contributed by atoms with Crippen molar-refractivity contribution >= 4 is 65.2 Å². The first-order valence-electron chi connectivity index (χ1n) is 19.9. The van der Waals surface area contributed by atoms with Crippen LogP contribution in [0.2, 0.25) is 0 Å². The number of para-hydroxylation sites is 1. The summed E-state index contributed by atoms with van der Waals surface area (Å²) in [5, 5.41) is -0.114. The summed E-state index contributed by atoms with van der Waals surface area (Å²) < 4.78 is 146. The first-order valence-corrected chi connectivity index (χ1v) is 12.4. The highest BCUT2D eigenvalue weighted by molar-refractivity contribution is 6.24. The number of benzene rings is 7. The van der Waals surface area contributed by atoms with E-state index in [-0.39, 0.29) is 38.4 Å². The summed E-state index contributed by atoms with van der Waals surface area (Å²) in [5.74, 6) is -0.0232. The average molecular weight is 526 g/mol. The van der Waals surface area contributed by atoms with E-state index in [1.165, 1.54) is 0 Å². The summed E-state index contributed by atoms with van der Waals surface area (Å²) in [7, 11) is 0. The highest BCUT2D eigenvalue weighted by Gasteiger charge is 2.21. The molecule has 0 radical (unpaired) electrons. The molecule has 0 aliphatic heterocycles. The molecule has 9 rings (SSSR count). The van der Waals surface area contributed by atoms with E-state index in [1.54, 1.807) is 24.3 Å². The Kier molecular flexibility index (Phi) is 2.39. The molecule has 0 N–H and O–H groups in total. The minimum Gasteiger partial charge on any atom is -0.456 e. The topological polar surface area (TPSA) is 26.3 Å². The number of hydrogen-bond donors (Lipinski definition) is 0. The Labute approximate surface area is 250 Å². The molecule has 0 fully saturated rings. The lowest BCUT2D eigenvalue weighted by atomic mass is 9.86. The van der Waals surface area contributed by atoms with Gasteiger partial charge < -0.3 is 8.83 Å². The van der Waals surface area contributed by atoms with Crippen LogP contribution in [0.4, 0.5) is 0 Å². The van der Waals surface area contributed by atoms with Crippen LogP contribution in [0, 0.1) is 0 Å². The highest BCUT2D eigenvalue weighted by atomic mass is 16.3. The van der Waals surface area contributed by atoms with Crippen molar-refractivity contribution in [3.8, 4) is 22.5 Å². The SMILES string of the molecule is [2H]c1c([2H])c([2H])c2c(-c3c4c([2H])c([2H])c([2H])c([2H])c4c(-c4cc5c(ccc6oc7ccccc7c65)o4)c4c([2H])c([2H])c([2H])c([2H])c34)c([2H])c([2H])c([2H])c2c1[2H]. The molecule has 9 aromatic rings. The van der Waals surface area contributed by atoms with Crippen LogP contribution >= 0.6 is 0 Å². The Balaban J connectivity index is 1.61. The van der Waals surface area contributed by atoms with Crippen molar-refractivity contribution in [2.45, 2.75) is 0 Å². The standard InChI is InChI=1S/C38H22O2/c1-2-12-24-23(10-1)11-9-18-25(24)36-26-13-3-5-15-28(26)37(29-16-6-4-14-27(29)36)35-22-31-33(40-35)20-21-34-38(31)30-17-7-8-19-32(30)39-34/h1-22H/i1D,2D,3D,4D,5D,6D,9D,10D,11D,12D,13D,14D,15D,16D,18D. The minimum atomic E-state index is -0.770. The molecule has 2 heteroatoms. The second-order valence-corrected chi connectivity index (χ2v) is 9.31. The fourth-order valence-corrected chi connectivity index (χ4v) is 5.58. The molecule has 0 aliphatic carbocycles. The van der Waals surface area contributed by atoms with Crippen molar-refractivity contribution in [3.63, 3.8) is 0 Å². The third-order valence-electron chi connectivity index (χ3n) is 7.22. The lowest BCUT2D eigenvalue weighted by molar-refractivity contribution is 0.632. The number of hydrogen-bond acceptors (Lipinski definition) is 2. The van der Waals surface area contributed by atoms with Crippen LogP contribution in [0.25, 0.3) is 87.7 Å². The van der Waals surface area contributed by atoms with Gasteiger partial charge in [0, 0.05) is 21.7 Å². The monoisotopic (exact) mass is 525 g/mol. The molecule has 0 saturated carbocycles. The maximum absolute atomic E-state index is 9.28. The molecule has 40 heavy (non-hydrogen) atoms. The largest absolute Gasteiger partial charge is 0.456 e. The average Bonchev–Trinajstić information content (AvgIpc) is 3.78. The summed E-state index contributed by atoms with van der Waals surface area (Å²) in [5.41, 5.74) is 0.488. The molecule has 2 aromatic heterocycles. The zero-order valence-electron chi connectivity index (χ0n) is 35.4. The van der Waals surface area contributed by atoms with E-state index in [4.69, 9.17) is 22.5 Å². The van der Waals surface area contributed by atoms with Gasteiger partial charge in [-0.1, -0.05) is 109 Å². The first-order chi connectivity index (χ1) is 26.1. The fraction of sp³-hybridized carbons (Fsp3) is 0. The molecule has 0 saturated heterocycles. The van der Waals surface area contributed by atoms with Gasteiger partial charge in [-0.2, -0.15) is 0 Å². The number of rotatable bonds is 2. The Hall–Kier alpha value is -5.34. The van der Waals surface area contributed by atoms with Gasteiger partial charge in [0.25, 0.3) is 0 Å². The summed E-state index contributed by atoms with van der Waals surface area (Å²) in [6.07, 6.45) is 0. The normalized spacial score (nSPS) is 17.2. The third kappa shape index (κ3) is 2.93. The number of furan rings is 2. The molecular weight excluding hydrogens is 488 g/mol. The molecule has 2 nitrogen and oxygen atoms in total. The van der Waals surface area contributed by atoms with E-state index < -0.39 is 107 Å². The van der Waals surface area contributed by atoms with Gasteiger partial charge in [-0.05, 0) is 67.7 Å². The van der Waals surface area contributed by atoms with Crippen LogP contribution in [0.3, 0.4) is 0 Å². The van der Waals surface area contributed by atoms with Crippen molar-refractivity contribution in [2.75, 3.05) is 0 Å². The molecule has 0 aliphatic rings. The predicted octanol–water partition coefficient (Wildman–Crippen LogP) is 11.1. The van der Waals surface area contributed by atoms with Crippen molar-refractivity contribution in [1.29, 1.82) is 0 Å². The predicted molar refractivity (Wildman–Crippen MR) is 167 cm³/mol. The molecular formula is C38H22O2. The molecule has 7 aromatic carbocycles. The van der Waals surface area contributed by atoms with Crippen molar-refractivity contribution < 1.29 is 29.4 Å². The van der Waals surface area contributed by atoms with Gasteiger partial charge >= 0.3 is 0 Å². The number of fused-ring (bicyclic) bond motifs is 8. The van der Waals surface area contributed by atoms with E-state index in [9.17, 15) is 6.85 Å². The van der Waals surface area contributed by atoms with Gasteiger partial charge in [-0.3, -0.25) is 0 Å². The van der Waals surface area contributed by atoms with E-state index in [0.29, 0.717) is 27.5 Å². The van der Waals surface area contributed by atoms with Crippen LogP contribution in [0.15, 0.2) is 142 Å². The molecule has 0 spiro atoms. The smallest absolute Gasteiger partial charge is 0.136 e. The summed E-state index contributed by atoms with van der Waals surface area (Å²) in [6, 6.07) is 1.74. The van der Waals surface area contributed by atoms with Gasteiger partial charge in [-0.15, -0.1) is 0 Å². The van der Waals surface area contributed by atoms with Crippen LogP contribution in [-0.2, 0) is 0 Å². The van der Waals surface area contributed by atoms with Gasteiger partial charge in [0.1, 0.15) is 22.5 Å². The first kappa shape index (κ1) is 11.8. The van der Waals surface area contributed by atoms with E-state index in [0.717, 1.165) is 5.39 Å². The molecule has 2 heterocycles. The van der Waals surface area contributed by atoms with Crippen molar-refractivity contribution in [2.24, 2.45) is 0 Å². The van der Waals surface area contributed by atoms with Gasteiger partial charge in [0.15, 0.2) is 0 Å². The minimum absolute atomic E-state index is 0.0232. The zero-order valence-corrected chi connectivity index (χ0v) is 20.4. The Bertz CT molecular complexity index is 3180. The Morgan fingerprint density at radius 1 is 0.450 bits per heavy atom. The third-order valence-corrected chi connectivity index (χ3v) is 7.22. The summed E-state index contributed by atoms with van der Waals surface area (Å²) in [6.45, 7) is 0. The molecule has 186 valence electrons. The van der Waals surface area contributed by atoms with Gasteiger partial charge in [0.2, 0.25) is 0 Å². The maximum Gasteiger partial charge on any atom is 0.136 e. The molecule has 0 atom stereocenters. The second-order valence-electron chi connectivity index (χ2n) is 9.31. The molecule has 0 bridgehead atoms. The van der Waals surface area contributed by atoms with E-state index in [2.05, 4.69) is 0 Å². The second kappa shape index (κ2) is 8.08. The lowest BCUT2D eigenvalue weighted by Crippen LogP contribution is -1.90. The Morgan fingerprint density at radius 2 is 1.05 bits per heavy atom. The maximum atomic E-state index is 9.28. The molecule has 0 unspecified atom stereocenters. The fourth-order valence-electron chi connectivity index (χ4n) is 5.58. The van der Waals surface area contributed by atoms with E-state index in [1.807, 2.05) is 18.2 Å². The van der Waals surface area contributed by atoms with E-state index >= 15 is 0 Å². The van der Waals surface area contributed by atoms with Crippen LogP contribution in [0.1, 0.15) is 20.6 Å². The summed E-state index contributed by atoms with van der Waals surface area (Å²) in [4.78, 5) is 0. The van der Waals surface area contributed by atoms with Crippen LogP contribution in [-0.4, -0.2) is 0 Å². The summed E-state index contributed by atoms with van der Waals surface area (Å²) >= 11 is 0. The van der Waals surface area contributed by atoms with Crippen LogP contribution < -0.4 is 0 Å². The molecule has 0 amide bonds. The van der Waals surface area contributed by atoms with Gasteiger partial charge in [0.05, 0.1) is 20.6 Å². The van der Waals surface area contributed by atoms with Crippen LogP contribution in [0.5, 0.6) is 0 Å². The van der Waals surface area contributed by atoms with Crippen molar-refractivity contribution in [1.82, 2.24) is 0 Å². The lowest BCUT2D eigenvalue weighted by Gasteiger charge is -2.17. The Morgan fingerprint density at radius 3 is 1.82 bits per heavy atom. The quantitative estimate of drug-likeness (QED) is 0.210. The van der Waals surface area contributed by atoms with Gasteiger partial charge in [-0.25, -0.2) is 0 Å². The highest BCUT2D eigenvalue weighted by Crippen LogP contribution is 2.47. The zero-order chi connectivity index (χ0) is 39.3.